The summed E-state index contributed by atoms with van der Waals surface area (Å²) in [4.78, 5) is 0. The van der Waals surface area contributed by atoms with Crippen LogP contribution in [0.3, 0.4) is 0 Å². The zero-order chi connectivity index (χ0) is 12.3. The molecule has 0 atom stereocenters. The smallest absolute Gasteiger partial charge is 0.122 e. The first-order valence-corrected chi connectivity index (χ1v) is 5.71. The topological polar surface area (TPSA) is 35.2 Å². The lowest BCUT2D eigenvalue weighted by molar-refractivity contribution is 0.304. The SMILES string of the molecule is Cc1cccc(OCc2ccccc2N)c1C. The Bertz CT molecular complexity index is 520. The second-order valence-corrected chi connectivity index (χ2v) is 4.19. The lowest BCUT2D eigenvalue weighted by Gasteiger charge is -2.11. The summed E-state index contributed by atoms with van der Waals surface area (Å²) in [5, 5.41) is 0. The third kappa shape index (κ3) is 2.59. The van der Waals surface area contributed by atoms with Crippen LogP contribution in [0.1, 0.15) is 16.7 Å². The van der Waals surface area contributed by atoms with E-state index in [9.17, 15) is 0 Å². The Kier molecular flexibility index (Phi) is 3.33. The second-order valence-electron chi connectivity index (χ2n) is 4.19. The summed E-state index contributed by atoms with van der Waals surface area (Å²) in [7, 11) is 0. The molecule has 0 saturated heterocycles. The van der Waals surface area contributed by atoms with Gasteiger partial charge in [0.25, 0.3) is 0 Å². The summed E-state index contributed by atoms with van der Waals surface area (Å²) >= 11 is 0. The highest BCUT2D eigenvalue weighted by Crippen LogP contribution is 2.22. The fourth-order valence-electron chi connectivity index (χ4n) is 1.70. The molecule has 0 heterocycles. The number of nitrogens with two attached hydrogens (primary N) is 1. The van der Waals surface area contributed by atoms with Crippen LogP contribution < -0.4 is 10.5 Å². The molecule has 0 fully saturated rings. The van der Waals surface area contributed by atoms with Gasteiger partial charge in [0.1, 0.15) is 12.4 Å². The Morgan fingerprint density at radius 2 is 1.76 bits per heavy atom. The van der Waals surface area contributed by atoms with Gasteiger partial charge in [-0.25, -0.2) is 0 Å². The molecule has 2 N–H and O–H groups in total. The molecule has 2 heteroatoms. The molecule has 2 aromatic rings. The van der Waals surface area contributed by atoms with Crippen molar-refractivity contribution in [2.24, 2.45) is 0 Å². The molecule has 2 rings (SSSR count). The van der Waals surface area contributed by atoms with E-state index < -0.39 is 0 Å². The van der Waals surface area contributed by atoms with Crippen LogP contribution in [-0.4, -0.2) is 0 Å². The minimum Gasteiger partial charge on any atom is -0.489 e. The fraction of sp³-hybridized carbons (Fsp3) is 0.200. The number of rotatable bonds is 3. The van der Waals surface area contributed by atoms with E-state index in [4.69, 9.17) is 10.5 Å². The molecular weight excluding hydrogens is 210 g/mol. The summed E-state index contributed by atoms with van der Waals surface area (Å²) in [6.45, 7) is 4.66. The Morgan fingerprint density at radius 1 is 1.00 bits per heavy atom. The Balaban J connectivity index is 2.13. The van der Waals surface area contributed by atoms with E-state index in [0.29, 0.717) is 6.61 Å². The van der Waals surface area contributed by atoms with Crippen LogP contribution in [0.4, 0.5) is 5.69 Å². The highest BCUT2D eigenvalue weighted by molar-refractivity contribution is 5.46. The van der Waals surface area contributed by atoms with Crippen LogP contribution in [0.2, 0.25) is 0 Å². The highest BCUT2D eigenvalue weighted by Gasteiger charge is 2.03. The quantitative estimate of drug-likeness (QED) is 0.815. The molecule has 0 aliphatic rings. The van der Waals surface area contributed by atoms with E-state index in [1.165, 1.54) is 11.1 Å². The van der Waals surface area contributed by atoms with Crippen molar-refractivity contribution < 1.29 is 4.74 Å². The highest BCUT2D eigenvalue weighted by atomic mass is 16.5. The van der Waals surface area contributed by atoms with Crippen LogP contribution in [-0.2, 0) is 6.61 Å². The third-order valence-corrected chi connectivity index (χ3v) is 2.99. The average Bonchev–Trinajstić information content (AvgIpc) is 2.33. The zero-order valence-electron chi connectivity index (χ0n) is 10.2. The first-order valence-electron chi connectivity index (χ1n) is 5.71. The minimum atomic E-state index is 0.511. The van der Waals surface area contributed by atoms with Gasteiger partial charge in [0.05, 0.1) is 0 Å². The Morgan fingerprint density at radius 3 is 2.53 bits per heavy atom. The van der Waals surface area contributed by atoms with Crippen molar-refractivity contribution in [2.75, 3.05) is 5.73 Å². The summed E-state index contributed by atoms with van der Waals surface area (Å²) in [5.74, 6) is 0.924. The van der Waals surface area contributed by atoms with E-state index in [1.54, 1.807) is 0 Å². The van der Waals surface area contributed by atoms with Crippen LogP contribution in [0, 0.1) is 13.8 Å². The summed E-state index contributed by atoms with van der Waals surface area (Å²) in [6.07, 6.45) is 0. The third-order valence-electron chi connectivity index (χ3n) is 2.99. The molecule has 0 saturated carbocycles. The molecule has 2 nitrogen and oxygen atoms in total. The van der Waals surface area contributed by atoms with Crippen LogP contribution >= 0.6 is 0 Å². The molecule has 0 spiro atoms. The van der Waals surface area contributed by atoms with Gasteiger partial charge in [-0.3, -0.25) is 0 Å². The van der Waals surface area contributed by atoms with Gasteiger partial charge in [-0.05, 0) is 37.1 Å². The lowest BCUT2D eigenvalue weighted by Crippen LogP contribution is -2.01. The van der Waals surface area contributed by atoms with Crippen LogP contribution in [0.25, 0.3) is 0 Å². The van der Waals surface area contributed by atoms with E-state index in [1.807, 2.05) is 36.4 Å². The fourth-order valence-corrected chi connectivity index (χ4v) is 1.70. The maximum atomic E-state index is 5.87. The first-order chi connectivity index (χ1) is 8.18. The molecule has 0 radical (unpaired) electrons. The van der Waals surface area contributed by atoms with Gasteiger partial charge in [-0.2, -0.15) is 0 Å². The van der Waals surface area contributed by atoms with Crippen molar-refractivity contribution in [3.8, 4) is 5.75 Å². The molecule has 0 aromatic heterocycles. The van der Waals surface area contributed by atoms with Gasteiger partial charge in [0.2, 0.25) is 0 Å². The maximum Gasteiger partial charge on any atom is 0.122 e. The van der Waals surface area contributed by atoms with Gasteiger partial charge in [0.15, 0.2) is 0 Å². The van der Waals surface area contributed by atoms with E-state index in [-0.39, 0.29) is 0 Å². The van der Waals surface area contributed by atoms with Gasteiger partial charge >= 0.3 is 0 Å². The first kappa shape index (κ1) is 11.5. The van der Waals surface area contributed by atoms with E-state index >= 15 is 0 Å². The molecule has 0 unspecified atom stereocenters. The standard InChI is InChI=1S/C15H17NO/c1-11-6-5-9-15(12(11)2)17-10-13-7-3-4-8-14(13)16/h3-9H,10,16H2,1-2H3. The van der Waals surface area contributed by atoms with Crippen LogP contribution in [0.5, 0.6) is 5.75 Å². The average molecular weight is 227 g/mol. The van der Waals surface area contributed by atoms with Gasteiger partial charge in [-0.1, -0.05) is 30.3 Å². The molecule has 0 aliphatic carbocycles. The number of nitrogen functional groups attached to an aromatic ring is 1. The lowest BCUT2D eigenvalue weighted by atomic mass is 10.1. The Hall–Kier alpha value is -1.96. The van der Waals surface area contributed by atoms with Crippen molar-refractivity contribution in [1.82, 2.24) is 0 Å². The molecule has 88 valence electrons. The molecule has 0 bridgehead atoms. The number of benzene rings is 2. The molecular formula is C15H17NO. The number of ether oxygens (including phenoxy) is 1. The second kappa shape index (κ2) is 4.91. The van der Waals surface area contributed by atoms with Gasteiger partial charge < -0.3 is 10.5 Å². The number of para-hydroxylation sites is 1. The summed E-state index contributed by atoms with van der Waals surface area (Å²) in [5.41, 5.74) is 10.1. The zero-order valence-corrected chi connectivity index (χ0v) is 10.2. The predicted octanol–water partition coefficient (Wildman–Crippen LogP) is 3.46. The minimum absolute atomic E-state index is 0.511. The molecule has 17 heavy (non-hydrogen) atoms. The normalized spacial score (nSPS) is 10.2. The van der Waals surface area contributed by atoms with E-state index in [0.717, 1.165) is 17.0 Å². The number of aryl methyl sites for hydroxylation is 1. The van der Waals surface area contributed by atoms with Crippen molar-refractivity contribution in [1.29, 1.82) is 0 Å². The summed E-state index contributed by atoms with van der Waals surface area (Å²) in [6, 6.07) is 13.9. The molecule has 2 aromatic carbocycles. The number of hydrogen-bond donors (Lipinski definition) is 1. The monoisotopic (exact) mass is 227 g/mol. The van der Waals surface area contributed by atoms with E-state index in [2.05, 4.69) is 19.9 Å². The largest absolute Gasteiger partial charge is 0.489 e. The Labute approximate surface area is 102 Å². The number of anilines is 1. The summed E-state index contributed by atoms with van der Waals surface area (Å²) < 4.78 is 5.80. The van der Waals surface area contributed by atoms with Gasteiger partial charge in [-0.15, -0.1) is 0 Å². The molecule has 0 amide bonds. The number of hydrogen-bond acceptors (Lipinski definition) is 2. The maximum absolute atomic E-state index is 5.87. The molecule has 0 aliphatic heterocycles. The van der Waals surface area contributed by atoms with Crippen molar-refractivity contribution in [3.05, 3.63) is 59.2 Å². The van der Waals surface area contributed by atoms with Gasteiger partial charge in [0, 0.05) is 11.3 Å². The van der Waals surface area contributed by atoms with Crippen LogP contribution in [0.15, 0.2) is 42.5 Å². The van der Waals surface area contributed by atoms with Crippen molar-refractivity contribution in [2.45, 2.75) is 20.5 Å². The van der Waals surface area contributed by atoms with Crippen molar-refractivity contribution in [3.63, 3.8) is 0 Å². The van der Waals surface area contributed by atoms with Crippen molar-refractivity contribution >= 4 is 5.69 Å². The predicted molar refractivity (Wildman–Crippen MR) is 71.1 cm³/mol.